The zero-order valence-electron chi connectivity index (χ0n) is 18.9. The van der Waals surface area contributed by atoms with Crippen molar-refractivity contribution in [3.63, 3.8) is 0 Å². The van der Waals surface area contributed by atoms with Gasteiger partial charge in [0.2, 0.25) is 12.7 Å². The first-order valence-electron chi connectivity index (χ1n) is 11.1. The Labute approximate surface area is 203 Å². The van der Waals surface area contributed by atoms with Crippen LogP contribution in [0.2, 0.25) is 0 Å². The minimum absolute atomic E-state index is 0.0184. The van der Waals surface area contributed by atoms with Crippen molar-refractivity contribution in [2.45, 2.75) is 39.1 Å². The lowest BCUT2D eigenvalue weighted by atomic mass is 10.1. The van der Waals surface area contributed by atoms with Gasteiger partial charge in [0.15, 0.2) is 16.3 Å². The van der Waals surface area contributed by atoms with Crippen molar-refractivity contribution in [2.24, 2.45) is 4.99 Å². The van der Waals surface area contributed by atoms with Crippen LogP contribution in [0.25, 0.3) is 11.3 Å². The second-order valence-corrected chi connectivity index (χ2v) is 8.57. The van der Waals surface area contributed by atoms with Crippen LogP contribution in [-0.2, 0) is 11.3 Å². The molecule has 0 bridgehead atoms. The summed E-state index contributed by atoms with van der Waals surface area (Å²) in [5.41, 5.74) is 2.31. The van der Waals surface area contributed by atoms with Gasteiger partial charge in [-0.15, -0.1) is 24.5 Å². The maximum absolute atomic E-state index is 12.4. The van der Waals surface area contributed by atoms with Crippen LogP contribution >= 0.6 is 11.3 Å². The number of carbonyl (C=O) groups excluding carboxylic acids is 1. The number of fused-ring (bicyclic) bond motifs is 1. The summed E-state index contributed by atoms with van der Waals surface area (Å²) in [6, 6.07) is 11.1. The van der Waals surface area contributed by atoms with E-state index in [0.717, 1.165) is 17.7 Å². The number of amides is 1. The first kappa shape index (κ1) is 24.6. The van der Waals surface area contributed by atoms with Crippen LogP contribution < -0.4 is 24.3 Å². The zero-order valence-corrected chi connectivity index (χ0v) is 19.7. The Bertz CT molecular complexity index is 1240. The predicted octanol–water partition coefficient (Wildman–Crippen LogP) is 5.38. The van der Waals surface area contributed by atoms with Crippen LogP contribution in [0.15, 0.2) is 52.8 Å². The minimum Gasteiger partial charge on any atom is -0.454 e. The number of hydrogen-bond donors (Lipinski definition) is 1. The van der Waals surface area contributed by atoms with E-state index in [0.29, 0.717) is 47.9 Å². The molecule has 35 heavy (non-hydrogen) atoms. The molecule has 1 aromatic heterocycles. The fourth-order valence-corrected chi connectivity index (χ4v) is 4.49. The number of hydrogen-bond acceptors (Lipinski definition) is 6. The molecule has 0 spiro atoms. The number of thiazole rings is 1. The maximum atomic E-state index is 12.4. The third-order valence-electron chi connectivity index (χ3n) is 5.12. The molecule has 1 N–H and O–H groups in total. The molecule has 1 amide bonds. The highest BCUT2D eigenvalue weighted by Crippen LogP contribution is 2.36. The quantitative estimate of drug-likeness (QED) is 0.395. The van der Waals surface area contributed by atoms with Gasteiger partial charge in [-0.05, 0) is 55.3 Å². The molecule has 0 radical (unpaired) electrons. The van der Waals surface area contributed by atoms with Gasteiger partial charge in [0.1, 0.15) is 5.75 Å². The molecule has 4 rings (SSSR count). The fraction of sp³-hybridized carbons (Fsp3) is 0.333. The van der Waals surface area contributed by atoms with E-state index in [2.05, 4.69) is 15.0 Å². The standard InChI is InChI=1S/C24H24F3N3O4S/c1-2-4-22(31)28-11-3-12-30-19(16-5-10-20-21(13-16)33-15-32-20)14-35-23(30)29-17-6-8-18(9-7-17)34-24(25,26)27/h5-10,13-14H,2-4,11-12,15H2,1H3,(H,28,31). The fourth-order valence-electron chi connectivity index (χ4n) is 3.53. The molecule has 186 valence electrons. The normalized spacial score (nSPS) is 13.2. The molecule has 0 atom stereocenters. The molecule has 3 aromatic rings. The summed E-state index contributed by atoms with van der Waals surface area (Å²) in [6.45, 7) is 3.22. The molecule has 1 aliphatic heterocycles. The molecule has 0 fully saturated rings. The summed E-state index contributed by atoms with van der Waals surface area (Å²) in [6.07, 6.45) is -2.80. The molecule has 2 aromatic carbocycles. The first-order chi connectivity index (χ1) is 16.8. The number of rotatable bonds is 9. The summed E-state index contributed by atoms with van der Waals surface area (Å²) in [5.74, 6) is 1.05. The number of aromatic nitrogens is 1. The van der Waals surface area contributed by atoms with E-state index in [9.17, 15) is 18.0 Å². The van der Waals surface area contributed by atoms with Crippen LogP contribution in [0, 0.1) is 0 Å². The maximum Gasteiger partial charge on any atom is 0.573 e. The second-order valence-electron chi connectivity index (χ2n) is 7.73. The molecule has 1 aliphatic rings. The highest BCUT2D eigenvalue weighted by molar-refractivity contribution is 7.07. The van der Waals surface area contributed by atoms with E-state index in [4.69, 9.17) is 9.47 Å². The lowest BCUT2D eigenvalue weighted by molar-refractivity contribution is -0.274. The van der Waals surface area contributed by atoms with Crippen LogP contribution in [0.3, 0.4) is 0 Å². The average molecular weight is 508 g/mol. The largest absolute Gasteiger partial charge is 0.573 e. The number of nitrogens with one attached hydrogen (secondary N) is 1. The van der Waals surface area contributed by atoms with Gasteiger partial charge in [-0.2, -0.15) is 0 Å². The van der Waals surface area contributed by atoms with Gasteiger partial charge in [0.25, 0.3) is 0 Å². The number of benzene rings is 2. The van der Waals surface area contributed by atoms with E-state index >= 15 is 0 Å². The number of alkyl halides is 3. The van der Waals surface area contributed by atoms with Crippen molar-refractivity contribution in [2.75, 3.05) is 13.3 Å². The van der Waals surface area contributed by atoms with Crippen LogP contribution in [0.4, 0.5) is 18.9 Å². The Morgan fingerprint density at radius 1 is 1.17 bits per heavy atom. The Morgan fingerprint density at radius 3 is 2.69 bits per heavy atom. The number of halogens is 3. The molecular formula is C24H24F3N3O4S. The summed E-state index contributed by atoms with van der Waals surface area (Å²) in [7, 11) is 0. The third-order valence-corrected chi connectivity index (χ3v) is 5.98. The van der Waals surface area contributed by atoms with Crippen LogP contribution in [0.5, 0.6) is 17.2 Å². The monoisotopic (exact) mass is 507 g/mol. The Morgan fingerprint density at radius 2 is 1.94 bits per heavy atom. The summed E-state index contributed by atoms with van der Waals surface area (Å²) < 4.78 is 54.2. The molecular weight excluding hydrogens is 483 g/mol. The molecule has 0 saturated carbocycles. The van der Waals surface area contributed by atoms with Gasteiger partial charge in [-0.3, -0.25) is 4.79 Å². The lowest BCUT2D eigenvalue weighted by Gasteiger charge is -2.11. The molecule has 0 saturated heterocycles. The molecule has 7 nitrogen and oxygen atoms in total. The molecule has 0 aliphatic carbocycles. The van der Waals surface area contributed by atoms with Gasteiger partial charge >= 0.3 is 6.36 Å². The molecule has 0 unspecified atom stereocenters. The number of carbonyl (C=O) groups is 1. The van der Waals surface area contributed by atoms with Crippen LogP contribution in [-0.4, -0.2) is 30.2 Å². The highest BCUT2D eigenvalue weighted by atomic mass is 32.1. The Kier molecular flexibility index (Phi) is 7.64. The van der Waals surface area contributed by atoms with E-state index in [1.807, 2.05) is 35.1 Å². The van der Waals surface area contributed by atoms with E-state index < -0.39 is 6.36 Å². The summed E-state index contributed by atoms with van der Waals surface area (Å²) in [5, 5.41) is 4.88. The molecule has 2 heterocycles. The van der Waals surface area contributed by atoms with E-state index in [1.54, 1.807) is 0 Å². The third kappa shape index (κ3) is 6.56. The summed E-state index contributed by atoms with van der Waals surface area (Å²) >= 11 is 1.41. The first-order valence-corrected chi connectivity index (χ1v) is 12.0. The van der Waals surface area contributed by atoms with Crippen LogP contribution in [0.1, 0.15) is 26.2 Å². The van der Waals surface area contributed by atoms with Gasteiger partial charge in [-0.25, -0.2) is 4.99 Å². The zero-order chi connectivity index (χ0) is 24.8. The smallest absolute Gasteiger partial charge is 0.454 e. The Balaban J connectivity index is 1.60. The lowest BCUT2D eigenvalue weighted by Crippen LogP contribution is -2.26. The van der Waals surface area contributed by atoms with Crippen molar-refractivity contribution < 1.29 is 32.2 Å². The number of nitrogens with zero attached hydrogens (tertiary/aromatic N) is 2. The SMILES string of the molecule is CCCC(=O)NCCCn1c(-c2ccc3c(c2)OCO3)csc1=Nc1ccc(OC(F)(F)F)cc1. The van der Waals surface area contributed by atoms with Gasteiger partial charge in [-0.1, -0.05) is 6.92 Å². The Hall–Kier alpha value is -3.47. The van der Waals surface area contributed by atoms with Gasteiger partial charge < -0.3 is 24.1 Å². The topological polar surface area (TPSA) is 74.1 Å². The summed E-state index contributed by atoms with van der Waals surface area (Å²) in [4.78, 5) is 17.1. The highest BCUT2D eigenvalue weighted by Gasteiger charge is 2.31. The van der Waals surface area contributed by atoms with E-state index in [1.165, 1.54) is 35.6 Å². The van der Waals surface area contributed by atoms with Crippen molar-refractivity contribution in [1.29, 1.82) is 0 Å². The predicted molar refractivity (Wildman–Crippen MR) is 125 cm³/mol. The number of ether oxygens (including phenoxy) is 3. The van der Waals surface area contributed by atoms with E-state index in [-0.39, 0.29) is 18.4 Å². The van der Waals surface area contributed by atoms with Crippen molar-refractivity contribution in [3.05, 3.63) is 52.6 Å². The minimum atomic E-state index is -4.75. The molecule has 11 heteroatoms. The second kappa shape index (κ2) is 10.9. The van der Waals surface area contributed by atoms with Crippen molar-refractivity contribution >= 4 is 22.9 Å². The van der Waals surface area contributed by atoms with Crippen molar-refractivity contribution in [3.8, 4) is 28.5 Å². The van der Waals surface area contributed by atoms with Gasteiger partial charge in [0, 0.05) is 30.5 Å². The average Bonchev–Trinajstić information content (AvgIpc) is 3.43. The van der Waals surface area contributed by atoms with Gasteiger partial charge in [0.05, 0.1) is 11.4 Å². The van der Waals surface area contributed by atoms with Crippen molar-refractivity contribution in [1.82, 2.24) is 9.88 Å².